The third-order valence-corrected chi connectivity index (χ3v) is 4.56. The lowest BCUT2D eigenvalue weighted by atomic mass is 9.91. The van der Waals surface area contributed by atoms with Crippen LogP contribution in [-0.2, 0) is 25.5 Å². The van der Waals surface area contributed by atoms with Crippen molar-refractivity contribution in [1.29, 1.82) is 0 Å². The number of ether oxygens (including phenoxy) is 1. The van der Waals surface area contributed by atoms with Crippen LogP contribution in [0.15, 0.2) is 24.3 Å². The molecule has 0 saturated heterocycles. The molecule has 1 aromatic rings. The van der Waals surface area contributed by atoms with Crippen LogP contribution in [0.5, 0.6) is 0 Å². The van der Waals surface area contributed by atoms with Crippen LogP contribution in [0.3, 0.4) is 0 Å². The monoisotopic (exact) mass is 346 g/mol. The van der Waals surface area contributed by atoms with Crippen LogP contribution < -0.4 is 0 Å². The molecule has 1 aromatic carbocycles. The fourth-order valence-corrected chi connectivity index (χ4v) is 3.18. The molecule has 1 aliphatic heterocycles. The van der Waals surface area contributed by atoms with Gasteiger partial charge in [-0.1, -0.05) is 37.6 Å². The molecule has 136 valence electrons. The van der Waals surface area contributed by atoms with Crippen LogP contribution in [0, 0.1) is 5.92 Å². The van der Waals surface area contributed by atoms with Crippen LogP contribution in [-0.4, -0.2) is 28.7 Å². The molecule has 1 heterocycles. The van der Waals surface area contributed by atoms with E-state index in [1.807, 2.05) is 25.1 Å². The van der Waals surface area contributed by atoms with Gasteiger partial charge in [0, 0.05) is 18.4 Å². The summed E-state index contributed by atoms with van der Waals surface area (Å²) in [5, 5.41) is 9.93. The first-order chi connectivity index (χ1) is 11.9. The van der Waals surface area contributed by atoms with Crippen molar-refractivity contribution in [3.63, 3.8) is 0 Å². The first kappa shape index (κ1) is 19.3. The number of hydrogen-bond donors (Lipinski definition) is 1. The summed E-state index contributed by atoms with van der Waals surface area (Å²) in [6, 6.07) is 7.46. The minimum absolute atomic E-state index is 0.0789. The molecule has 0 spiro atoms. The normalized spacial score (nSPS) is 22.4. The van der Waals surface area contributed by atoms with Crippen LogP contribution in [0.25, 0.3) is 0 Å². The zero-order valence-electron chi connectivity index (χ0n) is 14.9. The van der Waals surface area contributed by atoms with Crippen molar-refractivity contribution in [2.45, 2.75) is 64.6 Å². The lowest BCUT2D eigenvalue weighted by Gasteiger charge is -2.24. The van der Waals surface area contributed by atoms with Gasteiger partial charge in [0.15, 0.2) is 11.9 Å². The van der Waals surface area contributed by atoms with Crippen molar-refractivity contribution in [1.82, 2.24) is 0 Å². The van der Waals surface area contributed by atoms with Gasteiger partial charge in [0.1, 0.15) is 5.78 Å². The second-order valence-electron chi connectivity index (χ2n) is 6.89. The summed E-state index contributed by atoms with van der Waals surface area (Å²) >= 11 is 0. The molecule has 2 rings (SSSR count). The highest BCUT2D eigenvalue weighted by Crippen LogP contribution is 2.29. The predicted octanol–water partition coefficient (Wildman–Crippen LogP) is 2.93. The van der Waals surface area contributed by atoms with Gasteiger partial charge < -0.3 is 9.84 Å². The number of Topliss-reactive ketones (excluding diaryl/α,β-unsaturated/α-hetero) is 2. The molecule has 0 unspecified atom stereocenters. The summed E-state index contributed by atoms with van der Waals surface area (Å²) < 4.78 is 5.55. The van der Waals surface area contributed by atoms with Crippen LogP contribution in [0.4, 0.5) is 0 Å². The van der Waals surface area contributed by atoms with Gasteiger partial charge in [-0.05, 0) is 31.7 Å². The Morgan fingerprint density at radius 1 is 1.24 bits per heavy atom. The van der Waals surface area contributed by atoms with E-state index in [1.165, 1.54) is 6.92 Å². The van der Waals surface area contributed by atoms with Gasteiger partial charge in [-0.3, -0.25) is 14.4 Å². The highest BCUT2D eigenvalue weighted by Gasteiger charge is 2.30. The van der Waals surface area contributed by atoms with E-state index in [0.29, 0.717) is 5.56 Å². The summed E-state index contributed by atoms with van der Waals surface area (Å²) in [5.74, 6) is -1.21. The molecule has 1 N–H and O–H groups in total. The number of hydrogen-bond acceptors (Lipinski definition) is 5. The number of carbonyl (C=O) groups is 3. The second-order valence-corrected chi connectivity index (χ2v) is 6.89. The number of carbonyl (C=O) groups excluding carboxylic acids is 3. The maximum Gasteiger partial charge on any atom is 0.309 e. The molecular weight excluding hydrogens is 320 g/mol. The van der Waals surface area contributed by atoms with E-state index in [9.17, 15) is 19.5 Å². The number of cyclic esters (lactones) is 1. The minimum Gasteiger partial charge on any atom is -0.449 e. The molecule has 5 heteroatoms. The number of aliphatic hydroxyl groups excluding tert-OH is 1. The van der Waals surface area contributed by atoms with E-state index in [-0.39, 0.29) is 30.3 Å². The third kappa shape index (κ3) is 5.49. The summed E-state index contributed by atoms with van der Waals surface area (Å²) in [5.41, 5.74) is 1.68. The Hall–Kier alpha value is -2.01. The van der Waals surface area contributed by atoms with Gasteiger partial charge in [0.05, 0.1) is 12.0 Å². The Labute approximate surface area is 148 Å². The van der Waals surface area contributed by atoms with Gasteiger partial charge in [-0.25, -0.2) is 0 Å². The van der Waals surface area contributed by atoms with E-state index >= 15 is 0 Å². The topological polar surface area (TPSA) is 80.7 Å². The van der Waals surface area contributed by atoms with E-state index in [4.69, 9.17) is 4.74 Å². The summed E-state index contributed by atoms with van der Waals surface area (Å²) in [6.07, 6.45) is 1.07. The van der Waals surface area contributed by atoms with Gasteiger partial charge in [-0.2, -0.15) is 0 Å². The minimum atomic E-state index is -1.05. The Morgan fingerprint density at radius 3 is 2.68 bits per heavy atom. The van der Waals surface area contributed by atoms with E-state index in [2.05, 4.69) is 0 Å². The molecule has 0 bridgehead atoms. The zero-order valence-corrected chi connectivity index (χ0v) is 14.9. The third-order valence-electron chi connectivity index (χ3n) is 4.56. The quantitative estimate of drug-likeness (QED) is 0.829. The summed E-state index contributed by atoms with van der Waals surface area (Å²) in [6.45, 7) is 3.18. The number of aryl methyl sites for hydroxylation is 1. The zero-order chi connectivity index (χ0) is 18.4. The maximum atomic E-state index is 12.7. The van der Waals surface area contributed by atoms with E-state index in [0.717, 1.165) is 31.2 Å². The Bertz CT molecular complexity index is 637. The van der Waals surface area contributed by atoms with Crippen LogP contribution in [0.2, 0.25) is 0 Å². The van der Waals surface area contributed by atoms with Gasteiger partial charge in [-0.15, -0.1) is 0 Å². The number of ketones is 2. The smallest absolute Gasteiger partial charge is 0.309 e. The molecule has 25 heavy (non-hydrogen) atoms. The SMILES string of the molecule is CC(=O)C[C@@H](O)CC(=O)[C@H]1OC(=O)[C@H](C)CCCCc2ccccc21. The van der Waals surface area contributed by atoms with E-state index < -0.39 is 18.2 Å². The molecule has 0 radical (unpaired) electrons. The molecule has 0 aliphatic carbocycles. The van der Waals surface area contributed by atoms with Gasteiger partial charge in [0.25, 0.3) is 0 Å². The molecular formula is C20H26O5. The van der Waals surface area contributed by atoms with Crippen molar-refractivity contribution in [3.05, 3.63) is 35.4 Å². The van der Waals surface area contributed by atoms with Crippen LogP contribution in [0.1, 0.15) is 63.2 Å². The van der Waals surface area contributed by atoms with Crippen molar-refractivity contribution in [3.8, 4) is 0 Å². The summed E-state index contributed by atoms with van der Waals surface area (Å²) in [4.78, 5) is 36.2. The molecule has 3 atom stereocenters. The van der Waals surface area contributed by atoms with Crippen molar-refractivity contribution < 1.29 is 24.2 Å². The number of benzene rings is 1. The first-order valence-electron chi connectivity index (χ1n) is 8.87. The van der Waals surface area contributed by atoms with Crippen molar-refractivity contribution in [2.24, 2.45) is 5.92 Å². The second kappa shape index (κ2) is 8.90. The highest BCUT2D eigenvalue weighted by molar-refractivity contribution is 5.88. The fraction of sp³-hybridized carbons (Fsp3) is 0.550. The Kier molecular flexibility index (Phi) is 6.88. The first-order valence-corrected chi connectivity index (χ1v) is 8.87. The number of rotatable bonds is 5. The summed E-state index contributed by atoms with van der Waals surface area (Å²) in [7, 11) is 0. The highest BCUT2D eigenvalue weighted by atomic mass is 16.5. The van der Waals surface area contributed by atoms with Crippen molar-refractivity contribution >= 4 is 17.5 Å². The fourth-order valence-electron chi connectivity index (χ4n) is 3.18. The Balaban J connectivity index is 2.28. The largest absolute Gasteiger partial charge is 0.449 e. The Morgan fingerprint density at radius 2 is 1.96 bits per heavy atom. The number of aliphatic hydroxyl groups is 1. The van der Waals surface area contributed by atoms with Gasteiger partial charge in [0.2, 0.25) is 0 Å². The number of fused-ring (bicyclic) bond motifs is 1. The standard InChI is InChI=1S/C20H26O5/c1-13-7-3-4-8-15-9-5-6-10-17(15)19(25-20(13)24)18(23)12-16(22)11-14(2)21/h5-6,9-10,13,16,19,22H,3-4,7-8,11-12H2,1-2H3/t13-,16-,19+/m1/s1. The molecule has 0 fully saturated rings. The maximum absolute atomic E-state index is 12.7. The molecule has 0 amide bonds. The average Bonchev–Trinajstić information content (AvgIpc) is 2.55. The average molecular weight is 346 g/mol. The predicted molar refractivity (Wildman–Crippen MR) is 92.9 cm³/mol. The molecule has 0 aromatic heterocycles. The lowest BCUT2D eigenvalue weighted by Crippen LogP contribution is -2.28. The van der Waals surface area contributed by atoms with Gasteiger partial charge >= 0.3 is 5.97 Å². The lowest BCUT2D eigenvalue weighted by molar-refractivity contribution is -0.160. The van der Waals surface area contributed by atoms with E-state index in [1.54, 1.807) is 6.07 Å². The number of esters is 1. The molecule has 0 saturated carbocycles. The molecule has 1 aliphatic rings. The molecule has 5 nitrogen and oxygen atoms in total. The van der Waals surface area contributed by atoms with Crippen LogP contribution >= 0.6 is 0 Å². The van der Waals surface area contributed by atoms with Crippen molar-refractivity contribution in [2.75, 3.05) is 0 Å².